The second kappa shape index (κ2) is 8.43. The Hall–Kier alpha value is -2.67. The molecule has 0 spiro atoms. The maximum absolute atomic E-state index is 12.1. The van der Waals surface area contributed by atoms with E-state index >= 15 is 0 Å². The lowest BCUT2D eigenvalue weighted by molar-refractivity contribution is 0.172. The molecule has 7 nitrogen and oxygen atoms in total. The molecule has 2 atom stereocenters. The Bertz CT molecular complexity index is 668. The number of amides is 2. The van der Waals surface area contributed by atoms with Gasteiger partial charge in [0.05, 0.1) is 6.10 Å². The third-order valence-corrected chi connectivity index (χ3v) is 4.23. The van der Waals surface area contributed by atoms with Crippen molar-refractivity contribution in [3.05, 3.63) is 54.4 Å². The van der Waals surface area contributed by atoms with Gasteiger partial charge in [0.1, 0.15) is 0 Å². The lowest BCUT2D eigenvalue weighted by Gasteiger charge is -2.33. The first kappa shape index (κ1) is 17.2. The highest BCUT2D eigenvalue weighted by atomic mass is 16.3. The lowest BCUT2D eigenvalue weighted by atomic mass is 10.1. The summed E-state index contributed by atoms with van der Waals surface area (Å²) in [5.41, 5.74) is 0.785. The topological polar surface area (TPSA) is 90.4 Å². The second-order valence-corrected chi connectivity index (χ2v) is 6.11. The van der Waals surface area contributed by atoms with E-state index in [1.54, 1.807) is 18.5 Å². The SMILES string of the molecule is O=C(NCC(O)c1ccccc1)NC1CCCN(c2ncccn2)C1. The number of hydrogen-bond donors (Lipinski definition) is 3. The first-order valence-electron chi connectivity index (χ1n) is 8.51. The summed E-state index contributed by atoms with van der Waals surface area (Å²) in [5.74, 6) is 0.689. The van der Waals surface area contributed by atoms with Crippen LogP contribution >= 0.6 is 0 Å². The van der Waals surface area contributed by atoms with Crippen LogP contribution in [0.4, 0.5) is 10.7 Å². The van der Waals surface area contributed by atoms with E-state index in [-0.39, 0.29) is 18.6 Å². The molecule has 0 radical (unpaired) electrons. The average molecular weight is 341 g/mol. The normalized spacial score (nSPS) is 18.4. The van der Waals surface area contributed by atoms with E-state index in [0.29, 0.717) is 12.5 Å². The largest absolute Gasteiger partial charge is 0.387 e. The van der Waals surface area contributed by atoms with E-state index in [9.17, 15) is 9.90 Å². The Morgan fingerprint density at radius 1 is 1.24 bits per heavy atom. The summed E-state index contributed by atoms with van der Waals surface area (Å²) < 4.78 is 0. The zero-order valence-corrected chi connectivity index (χ0v) is 14.0. The molecule has 0 bridgehead atoms. The van der Waals surface area contributed by atoms with Crippen molar-refractivity contribution in [2.75, 3.05) is 24.5 Å². The minimum absolute atomic E-state index is 0.0337. The first-order chi connectivity index (χ1) is 12.2. The minimum atomic E-state index is -0.715. The van der Waals surface area contributed by atoms with Crippen LogP contribution in [0, 0.1) is 0 Å². The number of nitrogens with one attached hydrogen (secondary N) is 2. The number of aliphatic hydroxyl groups excluding tert-OH is 1. The molecular formula is C18H23N5O2. The van der Waals surface area contributed by atoms with Gasteiger partial charge in [-0.05, 0) is 24.5 Å². The Labute approximate surface area is 147 Å². The van der Waals surface area contributed by atoms with Crippen molar-refractivity contribution in [1.29, 1.82) is 0 Å². The number of hydrogen-bond acceptors (Lipinski definition) is 5. The van der Waals surface area contributed by atoms with E-state index in [0.717, 1.165) is 24.9 Å². The number of carbonyl (C=O) groups excluding carboxylic acids is 1. The van der Waals surface area contributed by atoms with Crippen LogP contribution in [0.3, 0.4) is 0 Å². The first-order valence-corrected chi connectivity index (χ1v) is 8.51. The van der Waals surface area contributed by atoms with Crippen molar-refractivity contribution in [2.45, 2.75) is 25.0 Å². The quantitative estimate of drug-likeness (QED) is 0.766. The van der Waals surface area contributed by atoms with Gasteiger partial charge in [0, 0.05) is 38.1 Å². The van der Waals surface area contributed by atoms with Crippen molar-refractivity contribution >= 4 is 12.0 Å². The number of rotatable bonds is 5. The van der Waals surface area contributed by atoms with Gasteiger partial charge in [0.25, 0.3) is 0 Å². The van der Waals surface area contributed by atoms with Gasteiger partial charge >= 0.3 is 6.03 Å². The van der Waals surface area contributed by atoms with Crippen molar-refractivity contribution in [3.63, 3.8) is 0 Å². The molecule has 7 heteroatoms. The number of aliphatic hydroxyl groups is 1. The van der Waals surface area contributed by atoms with E-state index in [4.69, 9.17) is 0 Å². The van der Waals surface area contributed by atoms with Crippen molar-refractivity contribution in [2.24, 2.45) is 0 Å². The van der Waals surface area contributed by atoms with Crippen LogP contribution in [-0.2, 0) is 0 Å². The van der Waals surface area contributed by atoms with E-state index in [1.807, 2.05) is 30.3 Å². The molecular weight excluding hydrogens is 318 g/mol. The third-order valence-electron chi connectivity index (χ3n) is 4.23. The Morgan fingerprint density at radius 2 is 2.00 bits per heavy atom. The zero-order valence-electron chi connectivity index (χ0n) is 14.0. The van der Waals surface area contributed by atoms with Crippen LogP contribution in [0.25, 0.3) is 0 Å². The summed E-state index contributed by atoms with van der Waals surface area (Å²) in [6, 6.07) is 10.8. The minimum Gasteiger partial charge on any atom is -0.387 e. The summed E-state index contributed by atoms with van der Waals surface area (Å²) in [6.45, 7) is 1.74. The number of nitrogens with zero attached hydrogens (tertiary/aromatic N) is 3. The average Bonchev–Trinajstić information content (AvgIpc) is 2.68. The highest BCUT2D eigenvalue weighted by molar-refractivity contribution is 5.74. The van der Waals surface area contributed by atoms with Gasteiger partial charge in [-0.2, -0.15) is 0 Å². The molecule has 25 heavy (non-hydrogen) atoms. The highest BCUT2D eigenvalue weighted by Gasteiger charge is 2.23. The Kier molecular flexibility index (Phi) is 5.79. The molecule has 1 aliphatic heterocycles. The molecule has 3 N–H and O–H groups in total. The predicted octanol–water partition coefficient (Wildman–Crippen LogP) is 1.48. The number of benzene rings is 1. The number of anilines is 1. The molecule has 1 saturated heterocycles. The van der Waals surface area contributed by atoms with Gasteiger partial charge in [-0.3, -0.25) is 0 Å². The van der Waals surface area contributed by atoms with Crippen LogP contribution in [0.2, 0.25) is 0 Å². The van der Waals surface area contributed by atoms with Crippen molar-refractivity contribution < 1.29 is 9.90 Å². The summed E-state index contributed by atoms with van der Waals surface area (Å²) in [6.07, 6.45) is 4.61. The zero-order chi connectivity index (χ0) is 17.5. The molecule has 1 aliphatic rings. The van der Waals surface area contributed by atoms with Crippen molar-refractivity contribution in [1.82, 2.24) is 20.6 Å². The fourth-order valence-corrected chi connectivity index (χ4v) is 2.95. The van der Waals surface area contributed by atoms with E-state index in [2.05, 4.69) is 25.5 Å². The van der Waals surface area contributed by atoms with Crippen LogP contribution in [-0.4, -0.2) is 46.8 Å². The van der Waals surface area contributed by atoms with Crippen molar-refractivity contribution in [3.8, 4) is 0 Å². The molecule has 1 aromatic carbocycles. The molecule has 1 aromatic heterocycles. The molecule has 3 rings (SSSR count). The Balaban J connectivity index is 1.46. The molecule has 2 unspecified atom stereocenters. The summed E-state index contributed by atoms with van der Waals surface area (Å²) in [5, 5.41) is 15.8. The smallest absolute Gasteiger partial charge is 0.315 e. The van der Waals surface area contributed by atoms with Gasteiger partial charge in [-0.1, -0.05) is 30.3 Å². The predicted molar refractivity (Wildman–Crippen MR) is 95.2 cm³/mol. The fourth-order valence-electron chi connectivity index (χ4n) is 2.95. The Morgan fingerprint density at radius 3 is 2.76 bits per heavy atom. The second-order valence-electron chi connectivity index (χ2n) is 6.11. The number of carbonyl (C=O) groups is 1. The molecule has 0 saturated carbocycles. The lowest BCUT2D eigenvalue weighted by Crippen LogP contribution is -2.51. The van der Waals surface area contributed by atoms with Crippen LogP contribution in [0.5, 0.6) is 0 Å². The molecule has 1 fully saturated rings. The van der Waals surface area contributed by atoms with Gasteiger partial charge in [-0.15, -0.1) is 0 Å². The van der Waals surface area contributed by atoms with Gasteiger partial charge < -0.3 is 20.6 Å². The number of aromatic nitrogens is 2. The molecule has 2 heterocycles. The molecule has 2 aromatic rings. The summed E-state index contributed by atoms with van der Waals surface area (Å²) >= 11 is 0. The van der Waals surface area contributed by atoms with Crippen LogP contribution in [0.15, 0.2) is 48.8 Å². The fraction of sp³-hybridized carbons (Fsp3) is 0.389. The van der Waals surface area contributed by atoms with Gasteiger partial charge in [0.2, 0.25) is 5.95 Å². The number of urea groups is 1. The van der Waals surface area contributed by atoms with E-state index < -0.39 is 6.10 Å². The monoisotopic (exact) mass is 341 g/mol. The van der Waals surface area contributed by atoms with Crippen LogP contribution < -0.4 is 15.5 Å². The summed E-state index contributed by atoms with van der Waals surface area (Å²) in [4.78, 5) is 22.7. The molecule has 0 aliphatic carbocycles. The van der Waals surface area contributed by atoms with Gasteiger partial charge in [0.15, 0.2) is 0 Å². The summed E-state index contributed by atoms with van der Waals surface area (Å²) in [7, 11) is 0. The number of piperidine rings is 1. The van der Waals surface area contributed by atoms with Gasteiger partial charge in [-0.25, -0.2) is 14.8 Å². The molecule has 132 valence electrons. The molecule has 2 amide bonds. The van der Waals surface area contributed by atoms with E-state index in [1.165, 1.54) is 0 Å². The van der Waals surface area contributed by atoms with Crippen LogP contribution in [0.1, 0.15) is 24.5 Å². The third kappa shape index (κ3) is 4.90. The standard InChI is InChI=1S/C18H23N5O2/c24-16(14-6-2-1-3-7-14)12-21-18(25)22-15-8-4-11-23(13-15)17-19-9-5-10-20-17/h1-3,5-7,9-10,15-16,24H,4,8,11-13H2,(H2,21,22,25). The maximum Gasteiger partial charge on any atom is 0.315 e. The highest BCUT2D eigenvalue weighted by Crippen LogP contribution is 2.15. The maximum atomic E-state index is 12.1.